The van der Waals surface area contributed by atoms with E-state index in [-0.39, 0.29) is 0 Å². The molecule has 0 spiro atoms. The third-order valence-electron chi connectivity index (χ3n) is 7.93. The van der Waals surface area contributed by atoms with Crippen LogP contribution in [0.2, 0.25) is 0 Å². The normalized spacial score (nSPS) is 10.4. The van der Waals surface area contributed by atoms with Crippen molar-refractivity contribution >= 4 is 7.32 Å². The zero-order chi connectivity index (χ0) is 35.0. The van der Waals surface area contributed by atoms with E-state index in [0.717, 1.165) is 75.8 Å². The van der Waals surface area contributed by atoms with Gasteiger partial charge in [0, 0.05) is 0 Å². The predicted molar refractivity (Wildman–Crippen MR) is 179 cm³/mol. The van der Waals surface area contributed by atoms with Gasteiger partial charge in [-0.15, -0.1) is 0 Å². The standard InChI is InChI=1S/3C12H25O.BO3.3Zn/c3*1-2-3-4-5-6-7-8-9-10-11-12-13;2-1(3)4;;;/h3*2-12H2,1H3;;;;/q3*-1;-3;3*+2. The summed E-state index contributed by atoms with van der Waals surface area (Å²) in [6, 6.07) is 0. The molecule has 0 bridgehead atoms. The van der Waals surface area contributed by atoms with E-state index < -0.39 is 7.32 Å². The molecule has 0 aliphatic heterocycles. The van der Waals surface area contributed by atoms with Crippen LogP contribution in [0.5, 0.6) is 0 Å². The zero-order valence-corrected chi connectivity index (χ0v) is 40.4. The van der Waals surface area contributed by atoms with Crippen molar-refractivity contribution in [3.63, 3.8) is 0 Å². The first-order valence-electron chi connectivity index (χ1n) is 19.6. The van der Waals surface area contributed by atoms with Gasteiger partial charge in [0.05, 0.1) is 0 Å². The van der Waals surface area contributed by atoms with E-state index in [1.165, 1.54) is 193 Å². The van der Waals surface area contributed by atoms with Crippen molar-refractivity contribution in [1.82, 2.24) is 0 Å². The summed E-state index contributed by atoms with van der Waals surface area (Å²) < 4.78 is 15.4. The van der Waals surface area contributed by atoms with E-state index in [4.69, 9.17) is 25.8 Å². The van der Waals surface area contributed by atoms with Crippen LogP contribution in [-0.2, 0) is 66.7 Å². The number of hydrogen-bond donors (Lipinski definition) is 0. The Bertz CT molecular complexity index is 362. The first-order chi connectivity index (χ1) is 22.5. The maximum Gasteiger partial charge on any atom is -0.278 e. The Morgan fingerprint density at radius 1 is 0.304 bits per heavy atom. The molecule has 0 unspecified atom stereocenters. The summed E-state index contributed by atoms with van der Waals surface area (Å²) >= 11 is 2.99. The molecular formula is C36H75BO6Zn3. The Labute approximate surface area is 320 Å². The van der Waals surface area contributed by atoms with Gasteiger partial charge in [0.2, 0.25) is 0 Å². The second-order valence-electron chi connectivity index (χ2n) is 12.6. The smallest absolute Gasteiger partial charge is 0.278 e. The van der Waals surface area contributed by atoms with Gasteiger partial charge in [-0.25, -0.2) is 0 Å². The third-order valence-corrected chi connectivity index (χ3v) is 9.74. The molecule has 0 rings (SSSR count). The van der Waals surface area contributed by atoms with Gasteiger partial charge in [0.25, 0.3) is 0 Å². The van der Waals surface area contributed by atoms with Crippen molar-refractivity contribution < 1.29 is 81.7 Å². The molecule has 0 fully saturated rings. The molecule has 46 heavy (non-hydrogen) atoms. The van der Waals surface area contributed by atoms with Crippen LogP contribution in [0.4, 0.5) is 0 Å². The van der Waals surface area contributed by atoms with Gasteiger partial charge in [-0.1, -0.05) is 20.8 Å². The molecule has 0 heterocycles. The minimum atomic E-state index is -2.92. The Hall–Kier alpha value is 1.70. The maximum atomic E-state index is 8.42. The van der Waals surface area contributed by atoms with E-state index in [1.54, 1.807) is 0 Å². The zero-order valence-electron chi connectivity index (χ0n) is 31.5. The van der Waals surface area contributed by atoms with Gasteiger partial charge in [-0.3, -0.25) is 7.32 Å². The van der Waals surface area contributed by atoms with Crippen LogP contribution in [0.1, 0.15) is 213 Å². The van der Waals surface area contributed by atoms with Crippen LogP contribution in [0, 0.1) is 0 Å². The van der Waals surface area contributed by atoms with E-state index in [0.29, 0.717) is 0 Å². The molecule has 0 radical (unpaired) electrons. The molecule has 0 N–H and O–H groups in total. The van der Waals surface area contributed by atoms with Crippen LogP contribution in [0.3, 0.4) is 0 Å². The fourth-order valence-electron chi connectivity index (χ4n) is 5.07. The minimum absolute atomic E-state index is 0.997. The minimum Gasteiger partial charge on any atom is -0.907 e. The molecular weight excluding hydrogens is 735 g/mol. The fourth-order valence-corrected chi connectivity index (χ4v) is 6.36. The monoisotopic (exact) mass is 806 g/mol. The molecule has 0 saturated carbocycles. The molecule has 0 aliphatic carbocycles. The molecule has 0 amide bonds. The molecule has 0 aromatic rings. The van der Waals surface area contributed by atoms with Gasteiger partial charge in [0.1, 0.15) is 0 Å². The quantitative estimate of drug-likeness (QED) is 0.0485. The fraction of sp³-hybridized carbons (Fsp3) is 1.00. The summed E-state index contributed by atoms with van der Waals surface area (Å²) in [7, 11) is -2.92. The summed E-state index contributed by atoms with van der Waals surface area (Å²) in [5.74, 6) is 0. The largest absolute Gasteiger partial charge is 0.907 e. The Kier molecular flexibility index (Phi) is 69.7. The molecule has 0 aromatic heterocycles. The van der Waals surface area contributed by atoms with Gasteiger partial charge in [0.15, 0.2) is 0 Å². The van der Waals surface area contributed by atoms with Crippen LogP contribution in [0.15, 0.2) is 0 Å². The Morgan fingerprint density at radius 2 is 0.435 bits per heavy atom. The van der Waals surface area contributed by atoms with E-state index >= 15 is 0 Å². The number of hydrogen-bond acceptors (Lipinski definition) is 6. The maximum absolute atomic E-state index is 8.42. The summed E-state index contributed by atoms with van der Waals surface area (Å²) in [6.45, 7) is 9.82. The van der Waals surface area contributed by atoms with E-state index in [2.05, 4.69) is 20.8 Å². The molecule has 0 saturated heterocycles. The number of rotatable bonds is 33. The van der Waals surface area contributed by atoms with Crippen LogP contribution in [-0.4, -0.2) is 27.1 Å². The van der Waals surface area contributed by atoms with Crippen molar-refractivity contribution in [1.29, 1.82) is 0 Å². The first-order valence-corrected chi connectivity index (χ1v) is 23.2. The van der Waals surface area contributed by atoms with Crippen LogP contribution >= 0.6 is 0 Å². The third kappa shape index (κ3) is 75.8. The van der Waals surface area contributed by atoms with Gasteiger partial charge >= 0.3 is 279 Å². The van der Waals surface area contributed by atoms with Crippen molar-refractivity contribution in [2.75, 3.05) is 19.8 Å². The van der Waals surface area contributed by atoms with E-state index in [1.807, 2.05) is 0 Å². The topological polar surface area (TPSA) is 96.9 Å². The average molecular weight is 811 g/mol. The van der Waals surface area contributed by atoms with Gasteiger partial charge in [-0.05, 0) is 0 Å². The number of unbranched alkanes of at least 4 members (excludes halogenated alkanes) is 27. The van der Waals surface area contributed by atoms with Crippen molar-refractivity contribution in [2.24, 2.45) is 0 Å². The second kappa shape index (κ2) is 58.9. The van der Waals surface area contributed by atoms with Gasteiger partial charge in [-0.2, -0.15) is 0 Å². The first kappa shape index (κ1) is 54.5. The molecule has 10 heteroatoms. The summed E-state index contributed by atoms with van der Waals surface area (Å²) in [4.78, 5) is 0. The molecule has 0 aromatic carbocycles. The average Bonchev–Trinajstić information content (AvgIpc) is 3.04. The SMILES string of the molecule is CCCCCCCCCCCC[O][Zn+].CCCCCCCCCCCC[O][Zn+].CCCCCCCCCCCC[O][Zn+].[O-]B([O-])[O-]. The molecule has 0 aliphatic rings. The second-order valence-corrected chi connectivity index (χ2v) is 15.1. The van der Waals surface area contributed by atoms with Crippen LogP contribution in [0.25, 0.3) is 0 Å². The molecule has 6 nitrogen and oxygen atoms in total. The van der Waals surface area contributed by atoms with Gasteiger partial charge < -0.3 is 15.1 Å². The molecule has 264 valence electrons. The Balaban J connectivity index is -0.000000271. The molecule has 0 atom stereocenters. The van der Waals surface area contributed by atoms with Crippen molar-refractivity contribution in [3.8, 4) is 0 Å². The van der Waals surface area contributed by atoms with E-state index in [9.17, 15) is 0 Å². The predicted octanol–water partition coefficient (Wildman–Crippen LogP) is 9.21. The van der Waals surface area contributed by atoms with Crippen molar-refractivity contribution in [3.05, 3.63) is 0 Å². The Morgan fingerprint density at radius 3 is 0.565 bits per heavy atom. The summed E-state index contributed by atoms with van der Waals surface area (Å²) in [6.07, 6.45) is 42.3. The van der Waals surface area contributed by atoms with Crippen LogP contribution < -0.4 is 15.1 Å². The van der Waals surface area contributed by atoms with Crippen molar-refractivity contribution in [2.45, 2.75) is 213 Å². The summed E-state index contributed by atoms with van der Waals surface area (Å²) in [5.41, 5.74) is 0. The summed E-state index contributed by atoms with van der Waals surface area (Å²) in [5, 5.41) is 25.2.